The van der Waals surface area contributed by atoms with Crippen molar-refractivity contribution in [3.63, 3.8) is 0 Å². The average molecular weight is 406 g/mol. The first-order chi connectivity index (χ1) is 13.6. The van der Waals surface area contributed by atoms with E-state index in [1.807, 2.05) is 0 Å². The second-order valence-corrected chi connectivity index (χ2v) is 10.3. The summed E-state index contributed by atoms with van der Waals surface area (Å²) in [5, 5.41) is 3.49. The molecule has 1 N–H and O–H groups in total. The van der Waals surface area contributed by atoms with Crippen LogP contribution in [0.1, 0.15) is 79.2 Å². The highest BCUT2D eigenvalue weighted by Crippen LogP contribution is 2.28. The van der Waals surface area contributed by atoms with E-state index in [0.29, 0.717) is 12.2 Å². The van der Waals surface area contributed by atoms with Gasteiger partial charge in [-0.3, -0.25) is 0 Å². The van der Waals surface area contributed by atoms with Crippen LogP contribution in [0.3, 0.4) is 0 Å². The lowest BCUT2D eigenvalue weighted by atomic mass is 9.94. The van der Waals surface area contributed by atoms with Crippen LogP contribution in [0, 0.1) is 0 Å². The molecule has 1 saturated carbocycles. The molecule has 4 heteroatoms. The second-order valence-electron chi connectivity index (χ2n) is 10.3. The summed E-state index contributed by atoms with van der Waals surface area (Å²) in [4.78, 5) is 0. The fourth-order valence-corrected chi connectivity index (χ4v) is 3.66. The van der Waals surface area contributed by atoms with E-state index < -0.39 is 0 Å². The molecular weight excluding hydrogens is 362 g/mol. The predicted molar refractivity (Wildman–Crippen MR) is 121 cm³/mol. The van der Waals surface area contributed by atoms with Crippen LogP contribution in [0.4, 0.5) is 0 Å². The van der Waals surface area contributed by atoms with Gasteiger partial charge in [-0.25, -0.2) is 0 Å². The van der Waals surface area contributed by atoms with Gasteiger partial charge in [-0.1, -0.05) is 12.1 Å². The topological polar surface area (TPSA) is 39.7 Å². The summed E-state index contributed by atoms with van der Waals surface area (Å²) < 4.78 is 18.2. The van der Waals surface area contributed by atoms with Crippen molar-refractivity contribution < 1.29 is 14.2 Å². The van der Waals surface area contributed by atoms with Crippen molar-refractivity contribution in [2.75, 3.05) is 19.8 Å². The smallest absolute Gasteiger partial charge is 0.119 e. The normalized spacial score (nSPS) is 20.6. The van der Waals surface area contributed by atoms with Crippen LogP contribution in [0.25, 0.3) is 0 Å². The molecule has 0 aliphatic heterocycles. The van der Waals surface area contributed by atoms with Crippen LogP contribution in [0.15, 0.2) is 24.3 Å². The summed E-state index contributed by atoms with van der Waals surface area (Å²) in [5.74, 6) is 0.983. The largest absolute Gasteiger partial charge is 0.490 e. The Balaban J connectivity index is 1.64. The van der Waals surface area contributed by atoms with Gasteiger partial charge in [0.05, 0.1) is 24.4 Å². The lowest BCUT2D eigenvalue weighted by Gasteiger charge is -2.33. The Morgan fingerprint density at radius 3 is 2.28 bits per heavy atom. The van der Waals surface area contributed by atoms with Crippen LogP contribution < -0.4 is 10.1 Å². The number of ether oxygens (including phenoxy) is 3. The van der Waals surface area contributed by atoms with Gasteiger partial charge in [-0.05, 0) is 104 Å². The second kappa shape index (κ2) is 11.3. The van der Waals surface area contributed by atoms with Crippen LogP contribution in [0.2, 0.25) is 0 Å². The van der Waals surface area contributed by atoms with Crippen molar-refractivity contribution in [3.05, 3.63) is 29.8 Å². The summed E-state index contributed by atoms with van der Waals surface area (Å²) in [6.07, 6.45) is 6.94. The molecule has 0 heterocycles. The van der Waals surface area contributed by atoms with E-state index in [1.165, 1.54) is 5.56 Å². The molecule has 0 saturated heterocycles. The molecule has 1 aliphatic rings. The Morgan fingerprint density at radius 1 is 0.931 bits per heavy atom. The Morgan fingerprint density at radius 2 is 1.62 bits per heavy atom. The highest BCUT2D eigenvalue weighted by Gasteiger charge is 2.26. The van der Waals surface area contributed by atoms with Gasteiger partial charge in [-0.2, -0.15) is 0 Å². The van der Waals surface area contributed by atoms with Crippen molar-refractivity contribution in [1.29, 1.82) is 0 Å². The molecule has 4 nitrogen and oxygen atoms in total. The van der Waals surface area contributed by atoms with E-state index in [-0.39, 0.29) is 11.1 Å². The standard InChI is InChI=1S/C25H43NO3/c1-24(2,3)26-16-8-17-27-18-15-20-9-7-10-23(19-20)28-21-11-13-22(14-12-21)29-25(4,5)6/h7,9-10,19,21-22,26H,8,11-18H2,1-6H3. The average Bonchev–Trinajstić information content (AvgIpc) is 2.61. The molecule has 1 fully saturated rings. The Labute approximate surface area is 178 Å². The summed E-state index contributed by atoms with van der Waals surface area (Å²) in [7, 11) is 0. The zero-order valence-corrected chi connectivity index (χ0v) is 19.6. The summed E-state index contributed by atoms with van der Waals surface area (Å²) >= 11 is 0. The maximum absolute atomic E-state index is 6.26. The van der Waals surface area contributed by atoms with E-state index in [0.717, 1.165) is 64.0 Å². The van der Waals surface area contributed by atoms with Crippen LogP contribution in [0.5, 0.6) is 5.75 Å². The van der Waals surface area contributed by atoms with E-state index in [2.05, 4.69) is 71.1 Å². The molecule has 166 valence electrons. The van der Waals surface area contributed by atoms with Crippen molar-refractivity contribution in [1.82, 2.24) is 5.32 Å². The third-order valence-corrected chi connectivity index (χ3v) is 5.00. The third-order valence-electron chi connectivity index (χ3n) is 5.00. The molecule has 1 aliphatic carbocycles. The van der Waals surface area contributed by atoms with E-state index in [9.17, 15) is 0 Å². The molecule has 2 rings (SSSR count). The zero-order chi connectivity index (χ0) is 21.3. The first-order valence-corrected chi connectivity index (χ1v) is 11.4. The number of benzene rings is 1. The maximum atomic E-state index is 6.26. The number of nitrogens with one attached hydrogen (secondary N) is 1. The number of hydrogen-bond donors (Lipinski definition) is 1. The van der Waals surface area contributed by atoms with Crippen LogP contribution >= 0.6 is 0 Å². The van der Waals surface area contributed by atoms with Gasteiger partial charge in [0.15, 0.2) is 0 Å². The first kappa shape index (κ1) is 24.2. The van der Waals surface area contributed by atoms with Crippen LogP contribution in [-0.2, 0) is 15.9 Å². The summed E-state index contributed by atoms with van der Waals surface area (Å²) in [6, 6.07) is 8.49. The van der Waals surface area contributed by atoms with Gasteiger partial charge in [0.2, 0.25) is 0 Å². The van der Waals surface area contributed by atoms with E-state index in [1.54, 1.807) is 0 Å². The van der Waals surface area contributed by atoms with E-state index >= 15 is 0 Å². The molecular formula is C25H43NO3. The lowest BCUT2D eigenvalue weighted by molar-refractivity contribution is -0.0832. The molecule has 1 aromatic carbocycles. The Bertz CT molecular complexity index is 580. The molecule has 0 bridgehead atoms. The molecule has 1 aromatic rings. The van der Waals surface area contributed by atoms with Gasteiger partial charge in [0.25, 0.3) is 0 Å². The Kier molecular flexibility index (Phi) is 9.45. The molecule has 0 unspecified atom stereocenters. The van der Waals surface area contributed by atoms with Crippen molar-refractivity contribution in [2.24, 2.45) is 0 Å². The fraction of sp³-hybridized carbons (Fsp3) is 0.760. The number of rotatable bonds is 10. The minimum absolute atomic E-state index is 0.0577. The predicted octanol–water partition coefficient (Wildman–Crippen LogP) is 5.53. The minimum Gasteiger partial charge on any atom is -0.490 e. The molecule has 0 spiro atoms. The van der Waals surface area contributed by atoms with Crippen molar-refractivity contribution >= 4 is 0 Å². The Hall–Kier alpha value is -1.10. The van der Waals surface area contributed by atoms with Gasteiger partial charge < -0.3 is 19.5 Å². The monoisotopic (exact) mass is 405 g/mol. The minimum atomic E-state index is -0.0577. The van der Waals surface area contributed by atoms with Crippen molar-refractivity contribution in [3.8, 4) is 5.75 Å². The summed E-state index contributed by atoms with van der Waals surface area (Å²) in [5.41, 5.74) is 1.40. The molecule has 0 atom stereocenters. The fourth-order valence-electron chi connectivity index (χ4n) is 3.66. The van der Waals surface area contributed by atoms with E-state index in [4.69, 9.17) is 14.2 Å². The highest BCUT2D eigenvalue weighted by atomic mass is 16.5. The van der Waals surface area contributed by atoms with Gasteiger partial charge in [0.1, 0.15) is 5.75 Å². The lowest BCUT2D eigenvalue weighted by Crippen LogP contribution is -2.36. The quantitative estimate of drug-likeness (QED) is 0.520. The zero-order valence-electron chi connectivity index (χ0n) is 19.6. The molecule has 0 aromatic heterocycles. The van der Waals surface area contributed by atoms with Crippen molar-refractivity contribution in [2.45, 2.75) is 103 Å². The van der Waals surface area contributed by atoms with Gasteiger partial charge in [-0.15, -0.1) is 0 Å². The van der Waals surface area contributed by atoms with Gasteiger partial charge >= 0.3 is 0 Å². The number of hydrogen-bond acceptors (Lipinski definition) is 4. The molecule has 0 radical (unpaired) electrons. The molecule has 0 amide bonds. The SMILES string of the molecule is CC(C)(C)NCCCOCCc1cccc(OC2CCC(OC(C)(C)C)CC2)c1. The first-order valence-electron chi connectivity index (χ1n) is 11.4. The third kappa shape index (κ3) is 11.0. The van der Waals surface area contributed by atoms with Gasteiger partial charge in [0, 0.05) is 12.1 Å². The maximum Gasteiger partial charge on any atom is 0.119 e. The van der Waals surface area contributed by atoms with Crippen LogP contribution in [-0.4, -0.2) is 43.1 Å². The summed E-state index contributed by atoms with van der Waals surface area (Å²) in [6.45, 7) is 15.5. The highest BCUT2D eigenvalue weighted by molar-refractivity contribution is 5.28. The molecule has 29 heavy (non-hydrogen) atoms.